The molecule has 0 heterocycles. The molecule has 0 saturated heterocycles. The molecule has 0 aliphatic rings. The van der Waals surface area contributed by atoms with Crippen LogP contribution < -0.4 is 15.5 Å². The first kappa shape index (κ1) is 20.5. The normalized spacial score (nSPS) is 10.7. The predicted octanol–water partition coefficient (Wildman–Crippen LogP) is 3.83. The quantitative estimate of drug-likeness (QED) is 0.449. The maximum atomic E-state index is 12.0. The first-order valence-corrected chi connectivity index (χ1v) is 8.93. The Hall–Kier alpha value is -2.86. The fraction of sp³-hybridized carbons (Fsp3) is 0.250. The van der Waals surface area contributed by atoms with E-state index in [2.05, 4.69) is 15.8 Å². The lowest BCUT2D eigenvalue weighted by atomic mass is 10.1. The fourth-order valence-electron chi connectivity index (χ4n) is 2.21. The second-order valence-electron chi connectivity index (χ2n) is 5.94. The Morgan fingerprint density at radius 1 is 1.19 bits per heavy atom. The zero-order valence-electron chi connectivity index (χ0n) is 15.5. The number of hydrazone groups is 1. The molecule has 0 saturated carbocycles. The molecular formula is C20H22ClN3O3. The van der Waals surface area contributed by atoms with Crippen LogP contribution in [0.5, 0.6) is 5.75 Å². The minimum absolute atomic E-state index is 0.450. The summed E-state index contributed by atoms with van der Waals surface area (Å²) in [5.41, 5.74) is 5.38. The SMILES string of the molecule is CCCOc1ccc(/C=N\NC(=O)C(=O)Nc2cccc(C)c2C)cc1Cl. The first-order valence-electron chi connectivity index (χ1n) is 8.55. The van der Waals surface area contributed by atoms with Crippen molar-refractivity contribution in [3.05, 3.63) is 58.1 Å². The number of aryl methyl sites for hydroxylation is 1. The molecule has 6 nitrogen and oxygen atoms in total. The number of hydrogen-bond acceptors (Lipinski definition) is 4. The van der Waals surface area contributed by atoms with Crippen molar-refractivity contribution in [2.24, 2.45) is 5.10 Å². The van der Waals surface area contributed by atoms with E-state index in [0.717, 1.165) is 17.5 Å². The van der Waals surface area contributed by atoms with E-state index in [1.807, 2.05) is 32.9 Å². The molecule has 2 aromatic rings. The number of benzene rings is 2. The van der Waals surface area contributed by atoms with Crippen molar-refractivity contribution in [1.82, 2.24) is 5.43 Å². The van der Waals surface area contributed by atoms with Gasteiger partial charge in [0.05, 0.1) is 17.8 Å². The molecule has 2 aromatic carbocycles. The zero-order valence-corrected chi connectivity index (χ0v) is 16.3. The topological polar surface area (TPSA) is 79.8 Å². The summed E-state index contributed by atoms with van der Waals surface area (Å²) in [6.07, 6.45) is 2.29. The molecule has 0 radical (unpaired) electrons. The van der Waals surface area contributed by atoms with Crippen molar-refractivity contribution in [2.45, 2.75) is 27.2 Å². The fourth-order valence-corrected chi connectivity index (χ4v) is 2.45. The summed E-state index contributed by atoms with van der Waals surface area (Å²) in [6, 6.07) is 10.6. The Labute approximate surface area is 163 Å². The maximum Gasteiger partial charge on any atom is 0.329 e. The summed E-state index contributed by atoms with van der Waals surface area (Å²) in [5.74, 6) is -1.06. The van der Waals surface area contributed by atoms with Crippen LogP contribution in [0.3, 0.4) is 0 Å². The summed E-state index contributed by atoms with van der Waals surface area (Å²) >= 11 is 6.14. The van der Waals surface area contributed by atoms with Gasteiger partial charge in [0.1, 0.15) is 5.75 Å². The van der Waals surface area contributed by atoms with Gasteiger partial charge in [-0.05, 0) is 61.2 Å². The van der Waals surface area contributed by atoms with E-state index in [9.17, 15) is 9.59 Å². The molecule has 0 spiro atoms. The highest BCUT2D eigenvalue weighted by molar-refractivity contribution is 6.39. The molecule has 0 bridgehead atoms. The van der Waals surface area contributed by atoms with Crippen LogP contribution in [0.25, 0.3) is 0 Å². The Bertz CT molecular complexity index is 866. The number of nitrogens with zero attached hydrogens (tertiary/aromatic N) is 1. The monoisotopic (exact) mass is 387 g/mol. The van der Waals surface area contributed by atoms with E-state index in [0.29, 0.717) is 28.6 Å². The number of carbonyl (C=O) groups excluding carboxylic acids is 2. The summed E-state index contributed by atoms with van der Waals surface area (Å²) in [5, 5.41) is 6.82. The van der Waals surface area contributed by atoms with Crippen LogP contribution in [-0.4, -0.2) is 24.6 Å². The first-order chi connectivity index (χ1) is 12.9. The highest BCUT2D eigenvalue weighted by atomic mass is 35.5. The van der Waals surface area contributed by atoms with E-state index in [1.54, 1.807) is 24.3 Å². The van der Waals surface area contributed by atoms with Crippen LogP contribution in [0.4, 0.5) is 5.69 Å². The molecule has 142 valence electrons. The van der Waals surface area contributed by atoms with Crippen LogP contribution in [0.1, 0.15) is 30.0 Å². The Morgan fingerprint density at radius 2 is 1.96 bits per heavy atom. The molecule has 2 rings (SSSR count). The zero-order chi connectivity index (χ0) is 19.8. The summed E-state index contributed by atoms with van der Waals surface area (Å²) in [7, 11) is 0. The van der Waals surface area contributed by atoms with Gasteiger partial charge in [-0.25, -0.2) is 5.43 Å². The highest BCUT2D eigenvalue weighted by Gasteiger charge is 2.14. The van der Waals surface area contributed by atoms with Gasteiger partial charge in [-0.15, -0.1) is 0 Å². The number of halogens is 1. The number of carbonyl (C=O) groups is 2. The molecule has 0 aromatic heterocycles. The lowest BCUT2D eigenvalue weighted by molar-refractivity contribution is -0.136. The van der Waals surface area contributed by atoms with E-state index >= 15 is 0 Å². The van der Waals surface area contributed by atoms with Crippen molar-refractivity contribution in [1.29, 1.82) is 0 Å². The van der Waals surface area contributed by atoms with Gasteiger partial charge in [-0.2, -0.15) is 5.10 Å². The Morgan fingerprint density at radius 3 is 2.67 bits per heavy atom. The predicted molar refractivity (Wildman–Crippen MR) is 108 cm³/mol. The second-order valence-corrected chi connectivity index (χ2v) is 6.35. The standard InChI is InChI=1S/C20H22ClN3O3/c1-4-10-27-18-9-8-15(11-16(18)21)12-22-24-20(26)19(25)23-17-7-5-6-13(2)14(17)3/h5-9,11-12H,4,10H2,1-3H3,(H,23,25)(H,24,26)/b22-12-. The van der Waals surface area contributed by atoms with E-state index in [1.165, 1.54) is 6.21 Å². The van der Waals surface area contributed by atoms with Gasteiger partial charge in [-0.1, -0.05) is 30.7 Å². The van der Waals surface area contributed by atoms with Crippen LogP contribution in [0.15, 0.2) is 41.5 Å². The van der Waals surface area contributed by atoms with Crippen LogP contribution in [0.2, 0.25) is 5.02 Å². The van der Waals surface area contributed by atoms with Crippen molar-refractivity contribution in [3.63, 3.8) is 0 Å². The molecular weight excluding hydrogens is 366 g/mol. The molecule has 2 N–H and O–H groups in total. The number of ether oxygens (including phenoxy) is 1. The van der Waals surface area contributed by atoms with Crippen molar-refractivity contribution in [3.8, 4) is 5.75 Å². The van der Waals surface area contributed by atoms with Gasteiger partial charge >= 0.3 is 11.8 Å². The van der Waals surface area contributed by atoms with Crippen molar-refractivity contribution >= 4 is 35.3 Å². The van der Waals surface area contributed by atoms with Crippen molar-refractivity contribution in [2.75, 3.05) is 11.9 Å². The largest absolute Gasteiger partial charge is 0.492 e. The van der Waals surface area contributed by atoms with Crippen LogP contribution in [0, 0.1) is 13.8 Å². The molecule has 0 fully saturated rings. The number of anilines is 1. The third-order valence-electron chi connectivity index (χ3n) is 3.86. The molecule has 0 aliphatic carbocycles. The lowest BCUT2D eigenvalue weighted by Gasteiger charge is -2.09. The number of hydrogen-bond donors (Lipinski definition) is 2. The average Bonchev–Trinajstić information content (AvgIpc) is 2.64. The molecule has 0 atom stereocenters. The summed E-state index contributed by atoms with van der Waals surface area (Å²) in [4.78, 5) is 23.9. The average molecular weight is 388 g/mol. The van der Waals surface area contributed by atoms with Crippen LogP contribution in [-0.2, 0) is 9.59 Å². The summed E-state index contributed by atoms with van der Waals surface area (Å²) < 4.78 is 5.49. The van der Waals surface area contributed by atoms with Gasteiger partial charge in [-0.3, -0.25) is 9.59 Å². The minimum Gasteiger partial charge on any atom is -0.492 e. The van der Waals surface area contributed by atoms with Gasteiger partial charge in [0.2, 0.25) is 0 Å². The van der Waals surface area contributed by atoms with Crippen LogP contribution >= 0.6 is 11.6 Å². The number of amides is 2. The van der Waals surface area contributed by atoms with E-state index < -0.39 is 11.8 Å². The smallest absolute Gasteiger partial charge is 0.329 e. The number of rotatable bonds is 6. The van der Waals surface area contributed by atoms with Gasteiger partial charge < -0.3 is 10.1 Å². The van der Waals surface area contributed by atoms with E-state index in [4.69, 9.17) is 16.3 Å². The van der Waals surface area contributed by atoms with Crippen molar-refractivity contribution < 1.29 is 14.3 Å². The molecule has 7 heteroatoms. The maximum absolute atomic E-state index is 12.0. The third-order valence-corrected chi connectivity index (χ3v) is 4.15. The lowest BCUT2D eigenvalue weighted by Crippen LogP contribution is -2.32. The minimum atomic E-state index is -0.860. The molecule has 27 heavy (non-hydrogen) atoms. The van der Waals surface area contributed by atoms with E-state index in [-0.39, 0.29) is 0 Å². The van der Waals surface area contributed by atoms with Gasteiger partial charge in [0.25, 0.3) is 0 Å². The van der Waals surface area contributed by atoms with Gasteiger partial charge in [0.15, 0.2) is 0 Å². The Balaban J connectivity index is 1.93. The number of nitrogens with one attached hydrogen (secondary N) is 2. The highest BCUT2D eigenvalue weighted by Crippen LogP contribution is 2.25. The summed E-state index contributed by atoms with van der Waals surface area (Å²) in [6.45, 7) is 6.39. The molecule has 2 amide bonds. The molecule has 0 unspecified atom stereocenters. The third kappa shape index (κ3) is 5.82. The van der Waals surface area contributed by atoms with Gasteiger partial charge in [0, 0.05) is 5.69 Å². The molecule has 0 aliphatic heterocycles. The second kappa shape index (κ2) is 9.73. The Kier molecular flexibility index (Phi) is 7.37.